The van der Waals surface area contributed by atoms with E-state index in [2.05, 4.69) is 40.3 Å². The summed E-state index contributed by atoms with van der Waals surface area (Å²) in [4.78, 5) is 23.8. The van der Waals surface area contributed by atoms with Crippen molar-refractivity contribution in [2.75, 3.05) is 19.4 Å². The number of nitrogens with one attached hydrogen (secondary N) is 4. The molecule has 293 valence electrons. The van der Waals surface area contributed by atoms with Gasteiger partial charge in [-0.15, -0.1) is 5.11 Å². The van der Waals surface area contributed by atoms with Gasteiger partial charge in [-0.1, -0.05) is 71.8 Å². The Morgan fingerprint density at radius 1 is 0.690 bits per heavy atom. The maximum Gasteiger partial charge on any atom is 3.00 e. The van der Waals surface area contributed by atoms with Crippen molar-refractivity contribution in [2.45, 2.75) is 23.6 Å². The van der Waals surface area contributed by atoms with Crippen molar-refractivity contribution in [3.8, 4) is 22.9 Å². The normalized spacial score (nSPS) is 11.4. The Morgan fingerprint density at radius 3 is 1.72 bits per heavy atom. The van der Waals surface area contributed by atoms with Crippen molar-refractivity contribution in [2.24, 2.45) is 20.5 Å². The monoisotopic (exact) mass is 873 g/mol. The average molecular weight is 874 g/mol. The van der Waals surface area contributed by atoms with Gasteiger partial charge in [0.1, 0.15) is 0 Å². The van der Waals surface area contributed by atoms with Gasteiger partial charge in [-0.25, -0.2) is 31.0 Å². The number of fused-ring (bicyclic) bond motifs is 1. The molecule has 1 heterocycles. The third kappa shape index (κ3) is 10.8. The van der Waals surface area contributed by atoms with Gasteiger partial charge in [0.25, 0.3) is 5.56 Å². The molecule has 0 aliphatic heterocycles. The Morgan fingerprint density at radius 2 is 1.21 bits per heavy atom. The Bertz CT molecular complexity index is 2800. The van der Waals surface area contributed by atoms with Crippen LogP contribution in [0.1, 0.15) is 12.6 Å². The molecule has 0 atom stereocenters. The molecule has 0 aliphatic carbocycles. The molecule has 5 aromatic carbocycles. The number of H-pyrrole nitrogens is 1. The molecule has 18 nitrogen and oxygen atoms in total. The summed E-state index contributed by atoms with van der Waals surface area (Å²) >= 11 is 0. The zero-order valence-corrected chi connectivity index (χ0v) is 36.3. The van der Waals surface area contributed by atoms with Crippen LogP contribution in [0.5, 0.6) is 17.2 Å². The van der Waals surface area contributed by atoms with E-state index in [1.807, 2.05) is 6.07 Å². The number of nitrogens with zero attached hydrogens (tertiary/aromatic N) is 5. The van der Waals surface area contributed by atoms with E-state index < -0.39 is 42.9 Å². The number of benzene rings is 5. The second-order valence-corrected chi connectivity index (χ2v) is 15.4. The molecule has 0 bridgehead atoms. The van der Waals surface area contributed by atoms with Gasteiger partial charge in [-0.3, -0.25) is 14.7 Å². The van der Waals surface area contributed by atoms with Gasteiger partial charge >= 0.3 is 46.9 Å². The molecule has 0 aliphatic rings. The molecule has 6 aromatic rings. The van der Waals surface area contributed by atoms with Crippen LogP contribution in [-0.2, 0) is 42.2 Å². The summed E-state index contributed by atoms with van der Waals surface area (Å²) in [5, 5.41) is 58.4. The quantitative estimate of drug-likeness (QED) is 0.113. The number of hydrogen-bond donors (Lipinski definition) is 4. The molecule has 0 saturated carbocycles. The number of amides is 1. The first kappa shape index (κ1) is 47.2. The predicted octanol–water partition coefficient (Wildman–Crippen LogP) is 1.14. The molecule has 6 rings (SSSR count). The second-order valence-electron chi connectivity index (χ2n) is 11.6. The minimum Gasteiger partial charge on any atom is -0.871 e. The summed E-state index contributed by atoms with van der Waals surface area (Å²) in [6.45, 7) is 2.98. The number of azo groups is 2. The molecule has 22 heteroatoms. The molecule has 0 fully saturated rings. The maximum absolute atomic E-state index is 12.6. The van der Waals surface area contributed by atoms with Crippen LogP contribution in [0.3, 0.4) is 0 Å². The van der Waals surface area contributed by atoms with Gasteiger partial charge in [0, 0.05) is 12.3 Å². The molecule has 1 amide bonds. The Kier molecular flexibility index (Phi) is 16.2. The first-order valence-electron chi connectivity index (χ1n) is 16.3. The standard InChI is InChI=1S/C19H18N4O5S.C17H17N5O4S.Cr.Na/c1-11(24)21-14-5-3-4-12-6-8-17(26)19(18(12)14)23-22-15-10-13(7-9-16(15)25)29(27,28)20-2;1-11-16(17(24)22(21-11)12-6-4-3-5-7-12)20-19-14-10-13(8-9-15(14)23)27(25,26)18-2;;/h3-10,20,25-26H,1-2H3,(H,21,24);3-10,18,21,23H,1-2H3;;/q;;+3;+1/p-3. The number of carbonyl (C=O) groups is 1. The fourth-order valence-electron chi connectivity index (χ4n) is 5.08. The number of aromatic nitrogens is 2. The van der Waals surface area contributed by atoms with Crippen LogP contribution in [0.4, 0.5) is 28.4 Å². The summed E-state index contributed by atoms with van der Waals surface area (Å²) in [5.74, 6) is -1.86. The zero-order chi connectivity index (χ0) is 40.8. The van der Waals surface area contributed by atoms with Gasteiger partial charge in [0.15, 0.2) is 5.69 Å². The van der Waals surface area contributed by atoms with Gasteiger partial charge in [0.2, 0.25) is 26.0 Å². The van der Waals surface area contributed by atoms with Gasteiger partial charge in [0.05, 0.1) is 43.9 Å². The van der Waals surface area contributed by atoms with Crippen molar-refractivity contribution in [1.29, 1.82) is 0 Å². The second kappa shape index (κ2) is 20.0. The Labute approximate surface area is 365 Å². The van der Waals surface area contributed by atoms with Crippen LogP contribution in [0.25, 0.3) is 16.5 Å². The molecule has 1 radical (unpaired) electrons. The average Bonchev–Trinajstić information content (AvgIpc) is 3.46. The maximum atomic E-state index is 12.6. The summed E-state index contributed by atoms with van der Waals surface area (Å²) in [7, 11) is -5.01. The van der Waals surface area contributed by atoms with Crippen LogP contribution in [0.15, 0.2) is 132 Å². The number of rotatable bonds is 10. The molecule has 1 aromatic heterocycles. The minimum absolute atomic E-state index is 0. The van der Waals surface area contributed by atoms with E-state index in [0.29, 0.717) is 27.8 Å². The molecule has 0 unspecified atom stereocenters. The van der Waals surface area contributed by atoms with Crippen molar-refractivity contribution >= 4 is 65.2 Å². The van der Waals surface area contributed by atoms with E-state index in [0.717, 1.165) is 30.3 Å². The van der Waals surface area contributed by atoms with Crippen molar-refractivity contribution in [1.82, 2.24) is 19.2 Å². The SMILES string of the molecule is CNS(=O)(=O)c1ccc([O-])c(N=Nc2c(C)[nH]n(-c3ccccc3)c2=O)c1.CNS(=O)(=O)c1ccc([O-])c(N=Nc2c([O-])ccc3cccc(NC(C)=O)c23)c1.[Cr+3].[Na+]. The van der Waals surface area contributed by atoms with Crippen LogP contribution in [0.2, 0.25) is 0 Å². The summed E-state index contributed by atoms with van der Waals surface area (Å²) in [5.41, 5.74) is 0.544. The zero-order valence-electron chi connectivity index (χ0n) is 31.4. The van der Waals surface area contributed by atoms with Crippen molar-refractivity contribution < 1.29 is 83.9 Å². The summed E-state index contributed by atoms with van der Waals surface area (Å²) in [6.07, 6.45) is 0. The number of hydrogen-bond acceptors (Lipinski definition) is 13. The predicted molar refractivity (Wildman–Crippen MR) is 201 cm³/mol. The molecule has 4 N–H and O–H groups in total. The fourth-order valence-corrected chi connectivity index (χ4v) is 6.58. The van der Waals surface area contributed by atoms with Gasteiger partial charge in [-0.2, -0.15) is 15.3 Å². The smallest absolute Gasteiger partial charge is 0.871 e. The van der Waals surface area contributed by atoms with Gasteiger partial charge < -0.3 is 20.6 Å². The third-order valence-corrected chi connectivity index (χ3v) is 10.7. The number of anilines is 1. The number of sulfonamides is 2. The molecular weight excluding hydrogens is 842 g/mol. The Hall–Kier alpha value is -5.21. The first-order valence-corrected chi connectivity index (χ1v) is 19.2. The molecule has 0 saturated heterocycles. The number of aryl methyl sites for hydroxylation is 1. The van der Waals surface area contributed by atoms with Gasteiger partial charge in [-0.05, 0) is 68.9 Å². The fraction of sp³-hybridized carbons (Fsp3) is 0.111. The molecule has 58 heavy (non-hydrogen) atoms. The van der Waals surface area contributed by atoms with E-state index in [1.165, 1.54) is 37.8 Å². The van der Waals surface area contributed by atoms with Crippen LogP contribution in [-0.4, -0.2) is 46.6 Å². The van der Waals surface area contributed by atoms with Crippen LogP contribution < -0.4 is 65.2 Å². The summed E-state index contributed by atoms with van der Waals surface area (Å²) < 4.78 is 53.2. The summed E-state index contributed by atoms with van der Waals surface area (Å²) in [6, 6.07) is 23.5. The number of carbonyl (C=O) groups excluding carboxylic acids is 1. The number of aromatic amines is 1. The van der Waals surface area contributed by atoms with Crippen molar-refractivity contribution in [3.05, 3.63) is 113 Å². The van der Waals surface area contributed by atoms with E-state index >= 15 is 0 Å². The minimum atomic E-state index is -3.78. The van der Waals surface area contributed by atoms with Crippen LogP contribution >= 0.6 is 0 Å². The molecule has 0 spiro atoms. The topological polar surface area (TPSA) is 278 Å². The van der Waals surface area contributed by atoms with Crippen molar-refractivity contribution in [3.63, 3.8) is 0 Å². The third-order valence-electron chi connectivity index (χ3n) is 7.88. The van der Waals surface area contributed by atoms with E-state index in [-0.39, 0.29) is 85.4 Å². The van der Waals surface area contributed by atoms with Crippen LogP contribution in [0, 0.1) is 6.92 Å². The molecular formula is C36H32CrN9NaO9S2+. The van der Waals surface area contributed by atoms with E-state index in [1.54, 1.807) is 55.5 Å². The van der Waals surface area contributed by atoms with E-state index in [9.17, 15) is 41.7 Å². The first-order chi connectivity index (χ1) is 26.6. The number of para-hydroxylation sites is 1. The van der Waals surface area contributed by atoms with E-state index in [4.69, 9.17) is 0 Å². The largest absolute Gasteiger partial charge is 3.00 e. The Balaban J connectivity index is 0.000000301.